The van der Waals surface area contributed by atoms with Crippen LogP contribution in [-0.2, 0) is 13.7 Å². The zero-order valence-electron chi connectivity index (χ0n) is 11.3. The Morgan fingerprint density at radius 2 is 1.41 bits per heavy atom. The largest absolute Gasteiger partial charge is 0.351 e. The van der Waals surface area contributed by atoms with E-state index in [0.717, 1.165) is 0 Å². The van der Waals surface area contributed by atoms with Crippen LogP contribution in [0.5, 0.6) is 0 Å². The lowest BCUT2D eigenvalue weighted by Crippen LogP contribution is -2.35. The molecule has 0 bridgehead atoms. The first-order valence-corrected chi connectivity index (χ1v) is 6.86. The molecule has 0 heterocycles. The summed E-state index contributed by atoms with van der Waals surface area (Å²) in [5.74, 6) is 0. The van der Waals surface area contributed by atoms with Crippen molar-refractivity contribution in [3.8, 4) is 0 Å². The van der Waals surface area contributed by atoms with Crippen molar-refractivity contribution >= 4 is 8.60 Å². The highest BCUT2D eigenvalue weighted by molar-refractivity contribution is 7.41. The summed E-state index contributed by atoms with van der Waals surface area (Å²) in [4.78, 5) is 0. The number of rotatable bonds is 10. The van der Waals surface area contributed by atoms with Gasteiger partial charge in [0.2, 0.25) is 0 Å². The van der Waals surface area contributed by atoms with Gasteiger partial charge in [0.1, 0.15) is 0 Å². The molecule has 0 amide bonds. The van der Waals surface area contributed by atoms with Crippen LogP contribution in [0.4, 0.5) is 0 Å². The summed E-state index contributed by atoms with van der Waals surface area (Å²) >= 11 is 0. The van der Waals surface area contributed by atoms with E-state index >= 15 is 0 Å². The van der Waals surface area contributed by atoms with E-state index in [2.05, 4.69) is 40.9 Å². The third kappa shape index (κ3) is 7.63. The average Bonchev–Trinajstić information content (AvgIpc) is 2.27. The highest BCUT2D eigenvalue weighted by Crippen LogP contribution is 2.41. The van der Waals surface area contributed by atoms with E-state index < -0.39 is 8.60 Å². The normalized spacial score (nSPS) is 11.8. The molecule has 17 heavy (non-hydrogen) atoms. The summed E-state index contributed by atoms with van der Waals surface area (Å²) in [5.41, 5.74) is 0. The molecule has 0 saturated heterocycles. The van der Waals surface area contributed by atoms with Crippen LogP contribution in [0.3, 0.4) is 0 Å². The quantitative estimate of drug-likeness (QED) is 0.341. The molecule has 0 radical (unpaired) electrons. The first-order valence-electron chi connectivity index (χ1n) is 5.77. The Morgan fingerprint density at radius 1 is 1.00 bits per heavy atom. The fourth-order valence-electron chi connectivity index (χ4n) is 1.17. The summed E-state index contributed by atoms with van der Waals surface area (Å²) in [5, 5.41) is 1.87. The predicted octanol–water partition coefficient (Wildman–Crippen LogP) is 3.67. The molecule has 0 saturated carbocycles. The van der Waals surface area contributed by atoms with Crippen LogP contribution in [0.2, 0.25) is 0 Å². The van der Waals surface area contributed by atoms with Crippen molar-refractivity contribution < 1.29 is 13.7 Å². The number of hydrogen-bond donors (Lipinski definition) is 0. The van der Waals surface area contributed by atoms with Gasteiger partial charge in [0.15, 0.2) is 0 Å². The molecule has 0 aliphatic heterocycles. The molecule has 0 rings (SSSR count). The van der Waals surface area contributed by atoms with Crippen molar-refractivity contribution in [3.05, 3.63) is 25.3 Å². The summed E-state index contributed by atoms with van der Waals surface area (Å²) in [6.45, 7) is 16.3. The fourth-order valence-corrected chi connectivity index (χ4v) is 2.33. The highest BCUT2D eigenvalue weighted by Gasteiger charge is 2.22. The van der Waals surface area contributed by atoms with Crippen LogP contribution in [0, 0.1) is 0 Å². The summed E-state index contributed by atoms with van der Waals surface area (Å²) in [7, 11) is -1.39. The van der Waals surface area contributed by atoms with Crippen molar-refractivity contribution in [1.29, 1.82) is 0 Å². The Morgan fingerprint density at radius 3 is 1.71 bits per heavy atom. The maximum absolute atomic E-state index is 5.74. The molecule has 0 atom stereocenters. The second kappa shape index (κ2) is 9.75. The molecule has 0 spiro atoms. The molecule has 0 aliphatic rings. The Balaban J connectivity index is 4.34. The van der Waals surface area contributed by atoms with Gasteiger partial charge in [-0.3, -0.25) is 0 Å². The fraction of sp³-hybridized carbons (Fsp3) is 0.667. The van der Waals surface area contributed by atoms with Crippen LogP contribution < -0.4 is 0 Å². The van der Waals surface area contributed by atoms with Crippen molar-refractivity contribution in [2.75, 3.05) is 13.2 Å². The van der Waals surface area contributed by atoms with E-state index in [0.29, 0.717) is 13.2 Å². The van der Waals surface area contributed by atoms with Crippen LogP contribution in [0.25, 0.3) is 0 Å². The minimum atomic E-state index is -1.39. The monoisotopic (exact) mass is 261 g/mol. The van der Waals surface area contributed by atoms with E-state index in [1.165, 1.54) is 0 Å². The first-order chi connectivity index (χ1) is 8.02. The number of hydrogen-bond acceptors (Lipinski definition) is 4. The van der Waals surface area contributed by atoms with Gasteiger partial charge in [0.25, 0.3) is 0 Å². The van der Waals surface area contributed by atoms with Crippen molar-refractivity contribution in [2.45, 2.75) is 39.8 Å². The predicted molar refractivity (Wildman–Crippen MR) is 72.4 cm³/mol. The van der Waals surface area contributed by atoms with Gasteiger partial charge in [0.05, 0.1) is 13.2 Å². The third-order valence-electron chi connectivity index (χ3n) is 1.77. The topological polar surface area (TPSA) is 30.9 Å². The molecule has 4 nitrogen and oxygen atoms in total. The summed E-state index contributed by atoms with van der Waals surface area (Å²) < 4.78 is 16.6. The van der Waals surface area contributed by atoms with E-state index in [-0.39, 0.29) is 12.1 Å². The number of hydroxylamine groups is 2. The first kappa shape index (κ1) is 16.8. The van der Waals surface area contributed by atoms with Crippen LogP contribution >= 0.6 is 8.60 Å². The van der Waals surface area contributed by atoms with Crippen LogP contribution in [0.1, 0.15) is 27.7 Å². The Labute approximate surface area is 106 Å². The summed E-state index contributed by atoms with van der Waals surface area (Å²) in [6.07, 6.45) is 3.34. The molecule has 0 fully saturated rings. The minimum absolute atomic E-state index is 0.264. The van der Waals surface area contributed by atoms with Gasteiger partial charge in [-0.15, -0.1) is 13.2 Å². The molecule has 0 aromatic carbocycles. The Bertz CT molecular complexity index is 202. The van der Waals surface area contributed by atoms with Gasteiger partial charge in [-0.25, -0.2) is 4.62 Å². The van der Waals surface area contributed by atoms with E-state index in [9.17, 15) is 0 Å². The average molecular weight is 261 g/mol. The molecule has 0 aromatic rings. The lowest BCUT2D eigenvalue weighted by molar-refractivity contribution is -0.123. The maximum atomic E-state index is 5.74. The summed E-state index contributed by atoms with van der Waals surface area (Å²) in [6, 6.07) is 0.527. The minimum Gasteiger partial charge on any atom is -0.307 e. The molecule has 0 unspecified atom stereocenters. The number of nitrogens with zero attached hydrogens (tertiary/aromatic N) is 1. The van der Waals surface area contributed by atoms with Crippen LogP contribution in [-0.4, -0.2) is 30.4 Å². The van der Waals surface area contributed by atoms with Gasteiger partial charge in [-0.05, 0) is 27.7 Å². The van der Waals surface area contributed by atoms with Gasteiger partial charge in [-0.2, -0.15) is 5.06 Å². The SMILES string of the molecule is C=CCOP(OCC=C)ON(C(C)C)C(C)C. The zero-order chi connectivity index (χ0) is 13.3. The third-order valence-corrected chi connectivity index (χ3v) is 2.82. The van der Waals surface area contributed by atoms with Gasteiger partial charge in [-0.1, -0.05) is 12.2 Å². The van der Waals surface area contributed by atoms with Crippen molar-refractivity contribution in [1.82, 2.24) is 5.06 Å². The Hall–Kier alpha value is -0.250. The van der Waals surface area contributed by atoms with Crippen LogP contribution in [0.15, 0.2) is 25.3 Å². The molecular weight excluding hydrogens is 237 g/mol. The van der Waals surface area contributed by atoms with E-state index in [1.807, 2.05) is 5.06 Å². The zero-order valence-corrected chi connectivity index (χ0v) is 12.2. The van der Waals surface area contributed by atoms with Crippen molar-refractivity contribution in [2.24, 2.45) is 0 Å². The molecule has 0 aliphatic carbocycles. The molecule has 0 N–H and O–H groups in total. The second-order valence-electron chi connectivity index (χ2n) is 4.02. The second-order valence-corrected chi connectivity index (χ2v) is 5.15. The lowest BCUT2D eigenvalue weighted by atomic mass is 10.3. The lowest BCUT2D eigenvalue weighted by Gasteiger charge is -2.31. The molecule has 5 heteroatoms. The molecular formula is C12H24NO3P. The maximum Gasteiger partial charge on any atom is 0.351 e. The van der Waals surface area contributed by atoms with Gasteiger partial charge >= 0.3 is 8.60 Å². The van der Waals surface area contributed by atoms with E-state index in [4.69, 9.17) is 13.7 Å². The van der Waals surface area contributed by atoms with Crippen molar-refractivity contribution in [3.63, 3.8) is 0 Å². The molecule has 0 aromatic heterocycles. The molecule has 100 valence electrons. The highest BCUT2D eigenvalue weighted by atomic mass is 31.2. The van der Waals surface area contributed by atoms with Gasteiger partial charge < -0.3 is 9.05 Å². The van der Waals surface area contributed by atoms with E-state index in [1.54, 1.807) is 12.2 Å². The van der Waals surface area contributed by atoms with Gasteiger partial charge in [0, 0.05) is 12.1 Å². The Kier molecular flexibility index (Phi) is 9.60. The smallest absolute Gasteiger partial charge is 0.307 e. The standard InChI is InChI=1S/C12H24NO3P/c1-7-9-14-17(15-10-8-2)16-13(11(3)4)12(5)6/h7-8,11-12H,1-2,9-10H2,3-6H3.